The molecule has 0 saturated heterocycles. The summed E-state index contributed by atoms with van der Waals surface area (Å²) < 4.78 is 5.53. The van der Waals surface area contributed by atoms with E-state index in [4.69, 9.17) is 4.74 Å². The maximum Gasteiger partial charge on any atom is 0.122 e. The Kier molecular flexibility index (Phi) is 2.86. The van der Waals surface area contributed by atoms with E-state index in [0.29, 0.717) is 5.41 Å². The Bertz CT molecular complexity index is 452. The normalized spacial score (nSPS) is 30.3. The van der Waals surface area contributed by atoms with E-state index in [-0.39, 0.29) is 0 Å². The van der Waals surface area contributed by atoms with Crippen LogP contribution in [0.1, 0.15) is 37.3 Å². The third kappa shape index (κ3) is 2.14. The molecule has 18 heavy (non-hydrogen) atoms. The van der Waals surface area contributed by atoms with E-state index in [1.54, 1.807) is 7.11 Å². The second kappa shape index (κ2) is 4.27. The average Bonchev–Trinajstić information content (AvgIpc) is 3.24. The minimum Gasteiger partial charge on any atom is -0.496 e. The smallest absolute Gasteiger partial charge is 0.122 e. The largest absolute Gasteiger partial charge is 0.496 e. The molecule has 2 unspecified atom stereocenters. The quantitative estimate of drug-likeness (QED) is 0.861. The van der Waals surface area contributed by atoms with Crippen LogP contribution in [0.25, 0.3) is 0 Å². The number of methoxy groups -OCH3 is 1. The van der Waals surface area contributed by atoms with Gasteiger partial charge in [-0.15, -0.1) is 0 Å². The topological polar surface area (TPSA) is 21.3 Å². The van der Waals surface area contributed by atoms with Crippen molar-refractivity contribution in [2.45, 2.75) is 44.6 Å². The molecular formula is C16H23NO. The lowest BCUT2D eigenvalue weighted by Gasteiger charge is -2.17. The van der Waals surface area contributed by atoms with Crippen molar-refractivity contribution in [2.75, 3.05) is 13.7 Å². The van der Waals surface area contributed by atoms with Gasteiger partial charge < -0.3 is 10.1 Å². The fraction of sp³-hybridized carbons (Fsp3) is 0.625. The molecule has 0 amide bonds. The molecule has 2 nitrogen and oxygen atoms in total. The summed E-state index contributed by atoms with van der Waals surface area (Å²) in [5.41, 5.74) is 3.04. The molecule has 98 valence electrons. The van der Waals surface area contributed by atoms with Crippen LogP contribution in [0.2, 0.25) is 0 Å². The Labute approximate surface area is 110 Å². The monoisotopic (exact) mass is 245 g/mol. The predicted octanol–water partition coefficient (Wildman–Crippen LogP) is 3.03. The van der Waals surface area contributed by atoms with Crippen molar-refractivity contribution in [1.29, 1.82) is 0 Å². The zero-order valence-corrected chi connectivity index (χ0v) is 11.6. The molecule has 0 aliphatic heterocycles. The molecule has 3 rings (SSSR count). The molecule has 1 N–H and O–H groups in total. The number of benzene rings is 1. The molecule has 1 aromatic carbocycles. The molecule has 0 aromatic heterocycles. The fourth-order valence-corrected chi connectivity index (χ4v) is 2.94. The molecule has 1 aromatic rings. The van der Waals surface area contributed by atoms with E-state index in [1.165, 1.54) is 30.4 Å². The molecule has 2 saturated carbocycles. The average molecular weight is 245 g/mol. The number of hydrogen-bond acceptors (Lipinski definition) is 2. The zero-order valence-electron chi connectivity index (χ0n) is 11.6. The van der Waals surface area contributed by atoms with Crippen molar-refractivity contribution in [3.05, 3.63) is 29.3 Å². The van der Waals surface area contributed by atoms with Gasteiger partial charge in [0.25, 0.3) is 0 Å². The molecular weight excluding hydrogens is 222 g/mol. The second-order valence-corrected chi connectivity index (χ2v) is 6.20. The second-order valence-electron chi connectivity index (χ2n) is 6.20. The molecule has 0 spiro atoms. The fourth-order valence-electron chi connectivity index (χ4n) is 2.94. The van der Waals surface area contributed by atoms with Gasteiger partial charge in [0.2, 0.25) is 0 Å². The highest BCUT2D eigenvalue weighted by molar-refractivity contribution is 5.46. The van der Waals surface area contributed by atoms with Crippen LogP contribution in [0.4, 0.5) is 0 Å². The molecule has 0 heterocycles. The van der Waals surface area contributed by atoms with E-state index in [2.05, 4.69) is 37.4 Å². The van der Waals surface area contributed by atoms with Crippen LogP contribution in [0.15, 0.2) is 18.2 Å². The summed E-state index contributed by atoms with van der Waals surface area (Å²) in [5, 5.41) is 3.65. The van der Waals surface area contributed by atoms with Crippen molar-refractivity contribution in [3.63, 3.8) is 0 Å². The maximum absolute atomic E-state index is 5.53. The lowest BCUT2D eigenvalue weighted by atomic mass is 9.93. The van der Waals surface area contributed by atoms with Gasteiger partial charge in [-0.1, -0.05) is 24.6 Å². The highest BCUT2D eigenvalue weighted by Gasteiger charge is 2.52. The van der Waals surface area contributed by atoms with Crippen molar-refractivity contribution in [2.24, 2.45) is 5.92 Å². The number of aryl methyl sites for hydroxylation is 1. The summed E-state index contributed by atoms with van der Waals surface area (Å²) >= 11 is 0. The maximum atomic E-state index is 5.53. The first-order valence-corrected chi connectivity index (χ1v) is 7.02. The molecule has 0 radical (unpaired) electrons. The van der Waals surface area contributed by atoms with Gasteiger partial charge in [-0.3, -0.25) is 0 Å². The van der Waals surface area contributed by atoms with Crippen LogP contribution in [0.5, 0.6) is 5.75 Å². The summed E-state index contributed by atoms with van der Waals surface area (Å²) in [6, 6.07) is 7.36. The van der Waals surface area contributed by atoms with Crippen LogP contribution >= 0.6 is 0 Å². The number of rotatable bonds is 5. The van der Waals surface area contributed by atoms with Gasteiger partial charge in [-0.05, 0) is 44.7 Å². The van der Waals surface area contributed by atoms with Crippen LogP contribution in [-0.4, -0.2) is 19.7 Å². The Morgan fingerprint density at radius 1 is 1.39 bits per heavy atom. The van der Waals surface area contributed by atoms with Gasteiger partial charge in [0, 0.05) is 17.0 Å². The summed E-state index contributed by atoms with van der Waals surface area (Å²) in [6.45, 7) is 5.70. The minimum atomic E-state index is 0.319. The Hall–Kier alpha value is -1.02. The Morgan fingerprint density at radius 2 is 2.17 bits per heavy atom. The SMILES string of the molecule is COc1ccc(C)cc1C1(C)CC1CNC1CC1. The van der Waals surface area contributed by atoms with Crippen molar-refractivity contribution < 1.29 is 4.74 Å². The first-order valence-electron chi connectivity index (χ1n) is 7.02. The Morgan fingerprint density at radius 3 is 2.83 bits per heavy atom. The molecule has 2 heteroatoms. The first-order chi connectivity index (χ1) is 8.63. The molecule has 2 aliphatic rings. The Balaban J connectivity index is 1.75. The number of ether oxygens (including phenoxy) is 1. The highest BCUT2D eigenvalue weighted by Crippen LogP contribution is 2.56. The molecule has 0 bridgehead atoms. The van der Waals surface area contributed by atoms with E-state index in [1.807, 2.05) is 0 Å². The van der Waals surface area contributed by atoms with Crippen molar-refractivity contribution in [1.82, 2.24) is 5.32 Å². The lowest BCUT2D eigenvalue weighted by molar-refractivity contribution is 0.402. The van der Waals surface area contributed by atoms with Gasteiger partial charge in [0.05, 0.1) is 7.11 Å². The van der Waals surface area contributed by atoms with Gasteiger partial charge in [-0.25, -0.2) is 0 Å². The van der Waals surface area contributed by atoms with E-state index in [9.17, 15) is 0 Å². The third-order valence-electron chi connectivity index (χ3n) is 4.61. The first kappa shape index (κ1) is 12.0. The molecule has 2 atom stereocenters. The van der Waals surface area contributed by atoms with Gasteiger partial charge in [0.15, 0.2) is 0 Å². The number of nitrogens with one attached hydrogen (secondary N) is 1. The van der Waals surface area contributed by atoms with Crippen LogP contribution < -0.4 is 10.1 Å². The van der Waals surface area contributed by atoms with Crippen LogP contribution in [0.3, 0.4) is 0 Å². The van der Waals surface area contributed by atoms with Crippen LogP contribution in [0, 0.1) is 12.8 Å². The lowest BCUT2D eigenvalue weighted by Crippen LogP contribution is -2.22. The summed E-state index contributed by atoms with van der Waals surface area (Å²) in [4.78, 5) is 0. The van der Waals surface area contributed by atoms with Gasteiger partial charge in [0.1, 0.15) is 5.75 Å². The predicted molar refractivity (Wildman–Crippen MR) is 74.2 cm³/mol. The number of hydrogen-bond donors (Lipinski definition) is 1. The van der Waals surface area contributed by atoms with Crippen molar-refractivity contribution >= 4 is 0 Å². The summed E-state index contributed by atoms with van der Waals surface area (Å²) in [6.07, 6.45) is 4.03. The van der Waals surface area contributed by atoms with Gasteiger partial charge >= 0.3 is 0 Å². The van der Waals surface area contributed by atoms with Crippen LogP contribution in [-0.2, 0) is 5.41 Å². The van der Waals surface area contributed by atoms with E-state index < -0.39 is 0 Å². The third-order valence-corrected chi connectivity index (χ3v) is 4.61. The summed E-state index contributed by atoms with van der Waals surface area (Å²) in [7, 11) is 1.78. The molecule has 2 fully saturated rings. The van der Waals surface area contributed by atoms with E-state index >= 15 is 0 Å². The highest BCUT2D eigenvalue weighted by atomic mass is 16.5. The molecule has 2 aliphatic carbocycles. The zero-order chi connectivity index (χ0) is 12.8. The standard InChI is InChI=1S/C16H23NO/c1-11-4-7-15(18-3)14(8-11)16(2)9-12(16)10-17-13-5-6-13/h4,7-8,12-13,17H,5-6,9-10H2,1-3H3. The minimum absolute atomic E-state index is 0.319. The van der Waals surface area contributed by atoms with Gasteiger partial charge in [-0.2, -0.15) is 0 Å². The van der Waals surface area contributed by atoms with E-state index in [0.717, 1.165) is 24.3 Å². The summed E-state index contributed by atoms with van der Waals surface area (Å²) in [5.74, 6) is 1.82. The van der Waals surface area contributed by atoms with Crippen molar-refractivity contribution in [3.8, 4) is 5.75 Å².